The second-order valence-electron chi connectivity index (χ2n) is 6.30. The van der Waals surface area contributed by atoms with Gasteiger partial charge < -0.3 is 5.32 Å². The molecule has 2 aliphatic rings. The smallest absolute Gasteiger partial charge is 0.0417 e. The topological polar surface area (TPSA) is 12.0 Å². The molecule has 2 heteroatoms. The predicted molar refractivity (Wildman–Crippen MR) is 84.0 cm³/mol. The van der Waals surface area contributed by atoms with Crippen LogP contribution in [0.2, 0.25) is 0 Å². The predicted octanol–water partition coefficient (Wildman–Crippen LogP) is 4.86. The van der Waals surface area contributed by atoms with Crippen LogP contribution >= 0.6 is 11.3 Å². The van der Waals surface area contributed by atoms with Gasteiger partial charge in [-0.15, -0.1) is 11.3 Å². The quantitative estimate of drug-likeness (QED) is 0.810. The fraction of sp³-hybridized carbons (Fsp3) is 0.765. The van der Waals surface area contributed by atoms with Gasteiger partial charge in [0.1, 0.15) is 0 Å². The number of thiophene rings is 1. The minimum absolute atomic E-state index is 0.628. The van der Waals surface area contributed by atoms with Gasteiger partial charge in [-0.2, -0.15) is 0 Å². The van der Waals surface area contributed by atoms with E-state index in [4.69, 9.17) is 0 Å². The van der Waals surface area contributed by atoms with Crippen molar-refractivity contribution >= 4 is 11.3 Å². The summed E-state index contributed by atoms with van der Waals surface area (Å²) in [6, 6.07) is 3.15. The van der Waals surface area contributed by atoms with Gasteiger partial charge in [0, 0.05) is 15.8 Å². The van der Waals surface area contributed by atoms with Crippen LogP contribution in [-0.4, -0.2) is 6.54 Å². The highest BCUT2D eigenvalue weighted by molar-refractivity contribution is 7.12. The number of hydrogen-bond donors (Lipinski definition) is 1. The second kappa shape index (κ2) is 6.41. The van der Waals surface area contributed by atoms with E-state index in [0.29, 0.717) is 6.04 Å². The van der Waals surface area contributed by atoms with Gasteiger partial charge in [0.2, 0.25) is 0 Å². The minimum Gasteiger partial charge on any atom is -0.310 e. The van der Waals surface area contributed by atoms with Gasteiger partial charge >= 0.3 is 0 Å². The number of rotatable bonds is 5. The van der Waals surface area contributed by atoms with Crippen LogP contribution in [0, 0.1) is 5.92 Å². The first-order chi connectivity index (χ1) is 9.36. The van der Waals surface area contributed by atoms with Gasteiger partial charge in [0.05, 0.1) is 0 Å². The summed E-state index contributed by atoms with van der Waals surface area (Å²) >= 11 is 2.10. The van der Waals surface area contributed by atoms with E-state index in [1.165, 1.54) is 57.8 Å². The largest absolute Gasteiger partial charge is 0.310 e. The zero-order valence-corrected chi connectivity index (χ0v) is 13.0. The molecule has 1 aromatic rings. The summed E-state index contributed by atoms with van der Waals surface area (Å²) in [6.45, 7) is 3.34. The average Bonchev–Trinajstić information content (AvgIpc) is 3.00. The van der Waals surface area contributed by atoms with Crippen LogP contribution in [0.25, 0.3) is 0 Å². The summed E-state index contributed by atoms with van der Waals surface area (Å²) < 4.78 is 0. The van der Waals surface area contributed by atoms with E-state index in [-0.39, 0.29) is 0 Å². The number of nitrogens with one attached hydrogen (secondary N) is 1. The molecule has 0 bridgehead atoms. The molecule has 3 rings (SSSR count). The van der Waals surface area contributed by atoms with E-state index in [2.05, 4.69) is 29.6 Å². The minimum atomic E-state index is 0.628. The zero-order chi connectivity index (χ0) is 13.1. The van der Waals surface area contributed by atoms with Crippen LogP contribution in [0.1, 0.15) is 73.2 Å². The van der Waals surface area contributed by atoms with E-state index >= 15 is 0 Å². The Morgan fingerprint density at radius 3 is 2.79 bits per heavy atom. The van der Waals surface area contributed by atoms with Gasteiger partial charge in [0.15, 0.2) is 0 Å². The molecule has 0 aliphatic heterocycles. The van der Waals surface area contributed by atoms with Crippen LogP contribution in [-0.2, 0) is 12.8 Å². The first-order valence-electron chi connectivity index (χ1n) is 8.21. The average molecular weight is 277 g/mol. The summed E-state index contributed by atoms with van der Waals surface area (Å²) in [5.41, 5.74) is 1.66. The maximum absolute atomic E-state index is 3.75. The molecule has 0 aromatic carbocycles. The van der Waals surface area contributed by atoms with E-state index in [0.717, 1.165) is 12.5 Å². The first kappa shape index (κ1) is 13.6. The van der Waals surface area contributed by atoms with Crippen molar-refractivity contribution in [2.75, 3.05) is 6.54 Å². The molecule has 0 saturated heterocycles. The molecule has 106 valence electrons. The molecule has 19 heavy (non-hydrogen) atoms. The lowest BCUT2D eigenvalue weighted by Gasteiger charge is -2.26. The lowest BCUT2D eigenvalue weighted by Crippen LogP contribution is -2.23. The third-order valence-electron chi connectivity index (χ3n) is 4.85. The molecule has 1 saturated carbocycles. The highest BCUT2D eigenvalue weighted by Gasteiger charge is 2.23. The standard InChI is InChI=1S/C17H27NS/c1-2-18-15(11-13-7-4-3-5-8-13)17-12-14-9-6-10-16(14)19-17/h12-13,15,18H,2-11H2,1H3. The molecule has 1 heterocycles. The molecule has 0 amide bonds. The zero-order valence-electron chi connectivity index (χ0n) is 12.2. The molecule has 1 N–H and O–H groups in total. The van der Waals surface area contributed by atoms with E-state index in [1.807, 2.05) is 0 Å². The Balaban J connectivity index is 1.68. The highest BCUT2D eigenvalue weighted by Crippen LogP contribution is 2.38. The van der Waals surface area contributed by atoms with Crippen molar-refractivity contribution in [3.8, 4) is 0 Å². The van der Waals surface area contributed by atoms with Gasteiger partial charge in [-0.05, 0) is 49.8 Å². The van der Waals surface area contributed by atoms with Gasteiger partial charge in [-0.3, -0.25) is 0 Å². The molecule has 1 unspecified atom stereocenters. The molecule has 0 radical (unpaired) electrons. The molecular formula is C17H27NS. The summed E-state index contributed by atoms with van der Waals surface area (Å²) in [7, 11) is 0. The molecule has 1 nitrogen and oxygen atoms in total. The van der Waals surface area contributed by atoms with Crippen molar-refractivity contribution in [3.05, 3.63) is 21.4 Å². The van der Waals surface area contributed by atoms with Crippen molar-refractivity contribution in [2.24, 2.45) is 5.92 Å². The molecular weight excluding hydrogens is 250 g/mol. The lowest BCUT2D eigenvalue weighted by atomic mass is 9.84. The van der Waals surface area contributed by atoms with Crippen molar-refractivity contribution in [1.82, 2.24) is 5.32 Å². The molecule has 1 atom stereocenters. The Labute approximate surface area is 121 Å². The molecule has 1 aromatic heterocycles. The second-order valence-corrected chi connectivity index (χ2v) is 7.47. The number of aryl methyl sites for hydroxylation is 2. The number of hydrogen-bond acceptors (Lipinski definition) is 2. The van der Waals surface area contributed by atoms with Gasteiger partial charge in [0.25, 0.3) is 0 Å². The maximum Gasteiger partial charge on any atom is 0.0417 e. The SMILES string of the molecule is CCNC(CC1CCCCC1)c1cc2c(s1)CCC2. The van der Waals surface area contributed by atoms with Crippen LogP contribution in [0.3, 0.4) is 0 Å². The number of fused-ring (bicyclic) bond motifs is 1. The Morgan fingerprint density at radius 1 is 1.21 bits per heavy atom. The molecule has 0 spiro atoms. The Hall–Kier alpha value is -0.340. The monoisotopic (exact) mass is 277 g/mol. The summed E-state index contributed by atoms with van der Waals surface area (Å²) in [6.07, 6.45) is 12.7. The maximum atomic E-state index is 3.75. The molecule has 2 aliphatic carbocycles. The van der Waals surface area contributed by atoms with Crippen LogP contribution in [0.5, 0.6) is 0 Å². The Morgan fingerprint density at radius 2 is 2.05 bits per heavy atom. The van der Waals surface area contributed by atoms with Crippen LogP contribution in [0.15, 0.2) is 6.07 Å². The van der Waals surface area contributed by atoms with E-state index in [1.54, 1.807) is 15.3 Å². The lowest BCUT2D eigenvalue weighted by molar-refractivity contribution is 0.303. The summed E-state index contributed by atoms with van der Waals surface area (Å²) in [4.78, 5) is 3.30. The normalized spacial score (nSPS) is 21.5. The van der Waals surface area contributed by atoms with E-state index < -0.39 is 0 Å². The van der Waals surface area contributed by atoms with Crippen molar-refractivity contribution in [2.45, 2.75) is 70.8 Å². The van der Waals surface area contributed by atoms with Gasteiger partial charge in [-0.1, -0.05) is 39.0 Å². The fourth-order valence-electron chi connectivity index (χ4n) is 3.83. The first-order valence-corrected chi connectivity index (χ1v) is 9.03. The third kappa shape index (κ3) is 3.22. The summed E-state index contributed by atoms with van der Waals surface area (Å²) in [5.74, 6) is 0.967. The van der Waals surface area contributed by atoms with Crippen molar-refractivity contribution in [1.29, 1.82) is 0 Å². The molecule has 1 fully saturated rings. The van der Waals surface area contributed by atoms with Crippen LogP contribution in [0.4, 0.5) is 0 Å². The summed E-state index contributed by atoms with van der Waals surface area (Å²) in [5, 5.41) is 3.75. The third-order valence-corrected chi connectivity index (χ3v) is 6.20. The fourth-order valence-corrected chi connectivity index (χ4v) is 5.17. The van der Waals surface area contributed by atoms with E-state index in [9.17, 15) is 0 Å². The van der Waals surface area contributed by atoms with Crippen LogP contribution < -0.4 is 5.32 Å². The highest BCUT2D eigenvalue weighted by atomic mass is 32.1. The Bertz CT molecular complexity index is 382. The van der Waals surface area contributed by atoms with Crippen molar-refractivity contribution < 1.29 is 0 Å². The van der Waals surface area contributed by atoms with Gasteiger partial charge in [-0.25, -0.2) is 0 Å². The van der Waals surface area contributed by atoms with Crippen molar-refractivity contribution in [3.63, 3.8) is 0 Å². The Kier molecular flexibility index (Phi) is 4.60.